The highest BCUT2D eigenvalue weighted by Gasteiger charge is 2.32. The van der Waals surface area contributed by atoms with Gasteiger partial charge in [0, 0.05) is 36.1 Å². The number of Topliss-reactive ketones (excluding diaryl/α,β-unsaturated/α-hetero) is 1. The molecular formula is C18H28N2O4S. The van der Waals surface area contributed by atoms with Crippen LogP contribution in [-0.4, -0.2) is 67.0 Å². The molecule has 0 aromatic carbocycles. The van der Waals surface area contributed by atoms with Gasteiger partial charge in [-0.3, -0.25) is 9.69 Å². The van der Waals surface area contributed by atoms with Crippen molar-refractivity contribution in [1.82, 2.24) is 9.47 Å². The van der Waals surface area contributed by atoms with Crippen LogP contribution in [0.4, 0.5) is 0 Å². The second-order valence-electron chi connectivity index (χ2n) is 7.59. The molecule has 1 aromatic heterocycles. The molecule has 0 N–H and O–H groups in total. The van der Waals surface area contributed by atoms with E-state index in [1.165, 1.54) is 0 Å². The van der Waals surface area contributed by atoms with Crippen LogP contribution in [0.3, 0.4) is 0 Å². The van der Waals surface area contributed by atoms with Crippen molar-refractivity contribution in [3.05, 3.63) is 23.0 Å². The van der Waals surface area contributed by atoms with Crippen LogP contribution in [0.5, 0.6) is 0 Å². The van der Waals surface area contributed by atoms with Crippen molar-refractivity contribution in [3.8, 4) is 0 Å². The Bertz CT molecular complexity index is 758. The van der Waals surface area contributed by atoms with Crippen LogP contribution in [0.15, 0.2) is 6.07 Å². The molecule has 0 aliphatic carbocycles. The molecule has 3 heterocycles. The fourth-order valence-corrected chi connectivity index (χ4v) is 6.00. The maximum absolute atomic E-state index is 12.8. The van der Waals surface area contributed by atoms with E-state index in [4.69, 9.17) is 4.74 Å². The number of sulfone groups is 1. The largest absolute Gasteiger partial charge is 0.373 e. The van der Waals surface area contributed by atoms with Crippen molar-refractivity contribution in [2.24, 2.45) is 0 Å². The summed E-state index contributed by atoms with van der Waals surface area (Å²) in [6.07, 6.45) is 0.894. The number of nitrogens with zero attached hydrogens (tertiary/aromatic N) is 2. The van der Waals surface area contributed by atoms with Crippen LogP contribution in [0.25, 0.3) is 0 Å². The maximum atomic E-state index is 12.8. The Morgan fingerprint density at radius 2 is 1.88 bits per heavy atom. The third kappa shape index (κ3) is 3.99. The number of hydrogen-bond donors (Lipinski definition) is 0. The first-order valence-electron chi connectivity index (χ1n) is 8.96. The lowest BCUT2D eigenvalue weighted by molar-refractivity contribution is -0.0652. The molecule has 0 unspecified atom stereocenters. The van der Waals surface area contributed by atoms with Crippen molar-refractivity contribution in [1.29, 1.82) is 0 Å². The second-order valence-corrected chi connectivity index (χ2v) is 9.81. The number of ketones is 1. The zero-order valence-electron chi connectivity index (χ0n) is 15.5. The van der Waals surface area contributed by atoms with Crippen LogP contribution < -0.4 is 0 Å². The van der Waals surface area contributed by atoms with Crippen molar-refractivity contribution in [2.45, 2.75) is 52.4 Å². The minimum Gasteiger partial charge on any atom is -0.373 e. The molecule has 3 atom stereocenters. The quantitative estimate of drug-likeness (QED) is 0.758. The molecule has 2 fully saturated rings. The molecule has 0 spiro atoms. The highest BCUT2D eigenvalue weighted by molar-refractivity contribution is 7.91. The van der Waals surface area contributed by atoms with Gasteiger partial charge in [0.1, 0.15) is 0 Å². The molecular weight excluding hydrogens is 340 g/mol. The molecule has 6 nitrogen and oxygen atoms in total. The number of carbonyl (C=O) groups is 1. The minimum atomic E-state index is -2.95. The molecule has 0 saturated carbocycles. The van der Waals surface area contributed by atoms with E-state index in [9.17, 15) is 13.2 Å². The van der Waals surface area contributed by atoms with Gasteiger partial charge >= 0.3 is 0 Å². The van der Waals surface area contributed by atoms with E-state index in [0.29, 0.717) is 18.5 Å². The fraction of sp³-hybridized carbons (Fsp3) is 0.722. The summed E-state index contributed by atoms with van der Waals surface area (Å²) in [6.45, 7) is 9.83. The average Bonchev–Trinajstić information content (AvgIpc) is 2.97. The van der Waals surface area contributed by atoms with Crippen molar-refractivity contribution in [3.63, 3.8) is 0 Å². The molecule has 2 saturated heterocycles. The summed E-state index contributed by atoms with van der Waals surface area (Å²) in [6, 6.07) is 1.87. The molecule has 2 aliphatic heterocycles. The summed E-state index contributed by atoms with van der Waals surface area (Å²) in [7, 11) is -2.95. The zero-order valence-corrected chi connectivity index (χ0v) is 16.3. The predicted molar refractivity (Wildman–Crippen MR) is 97.0 cm³/mol. The summed E-state index contributed by atoms with van der Waals surface area (Å²) in [5, 5.41) is 0. The fourth-order valence-electron chi connectivity index (χ4n) is 4.30. The first-order valence-corrected chi connectivity index (χ1v) is 10.8. The summed E-state index contributed by atoms with van der Waals surface area (Å²) in [4.78, 5) is 15.0. The number of ether oxygens (including phenoxy) is 1. The lowest BCUT2D eigenvalue weighted by Gasteiger charge is -2.34. The standard InChI is InChI=1S/C18H28N2O4S/c1-12-7-17(15(4)20(12)16-5-6-25(22,23)11-16)18(21)10-19-8-13(2)24-14(3)9-19/h7,13-14,16H,5-6,8-11H2,1-4H3/t13-,14-,16-/m0/s1. The van der Waals surface area contributed by atoms with E-state index in [1.54, 1.807) is 0 Å². The van der Waals surface area contributed by atoms with Gasteiger partial charge in [-0.05, 0) is 40.2 Å². The van der Waals surface area contributed by atoms with Gasteiger partial charge in [-0.2, -0.15) is 0 Å². The van der Waals surface area contributed by atoms with E-state index >= 15 is 0 Å². The van der Waals surface area contributed by atoms with Gasteiger partial charge in [0.25, 0.3) is 0 Å². The molecule has 1 aromatic rings. The number of carbonyl (C=O) groups excluding carboxylic acids is 1. The van der Waals surface area contributed by atoms with Gasteiger partial charge in [0.05, 0.1) is 30.3 Å². The summed E-state index contributed by atoms with van der Waals surface area (Å²) in [5.41, 5.74) is 2.57. The Labute approximate surface area is 150 Å². The maximum Gasteiger partial charge on any atom is 0.178 e. The SMILES string of the molecule is Cc1cc(C(=O)CN2C[C@H](C)O[C@@H](C)C2)c(C)n1[C@H]1CCS(=O)(=O)C1. The molecule has 140 valence electrons. The number of rotatable bonds is 4. The van der Waals surface area contributed by atoms with Gasteiger partial charge in [0.15, 0.2) is 15.6 Å². The monoisotopic (exact) mass is 368 g/mol. The molecule has 25 heavy (non-hydrogen) atoms. The lowest BCUT2D eigenvalue weighted by atomic mass is 10.1. The van der Waals surface area contributed by atoms with E-state index in [-0.39, 0.29) is 35.5 Å². The molecule has 3 rings (SSSR count). The van der Waals surface area contributed by atoms with Crippen LogP contribution in [0.2, 0.25) is 0 Å². The minimum absolute atomic E-state index is 0.0463. The Morgan fingerprint density at radius 1 is 1.24 bits per heavy atom. The van der Waals surface area contributed by atoms with Gasteiger partial charge in [-0.1, -0.05) is 0 Å². The highest BCUT2D eigenvalue weighted by Crippen LogP contribution is 2.29. The number of aromatic nitrogens is 1. The Morgan fingerprint density at radius 3 is 2.44 bits per heavy atom. The van der Waals surface area contributed by atoms with Gasteiger partial charge < -0.3 is 9.30 Å². The highest BCUT2D eigenvalue weighted by atomic mass is 32.2. The average molecular weight is 368 g/mol. The molecule has 0 amide bonds. The lowest BCUT2D eigenvalue weighted by Crippen LogP contribution is -2.47. The van der Waals surface area contributed by atoms with Gasteiger partial charge in [-0.15, -0.1) is 0 Å². The van der Waals surface area contributed by atoms with E-state index < -0.39 is 9.84 Å². The Kier molecular flexibility index (Phi) is 5.10. The summed E-state index contributed by atoms with van der Waals surface area (Å²) < 4.78 is 31.4. The summed E-state index contributed by atoms with van der Waals surface area (Å²) >= 11 is 0. The molecule has 0 radical (unpaired) electrons. The van der Waals surface area contributed by atoms with Crippen molar-refractivity contribution >= 4 is 15.6 Å². The van der Waals surface area contributed by atoms with Crippen molar-refractivity contribution < 1.29 is 17.9 Å². The smallest absolute Gasteiger partial charge is 0.178 e. The second kappa shape index (κ2) is 6.85. The first kappa shape index (κ1) is 18.6. The predicted octanol–water partition coefficient (Wildman–Crippen LogP) is 1.76. The van der Waals surface area contributed by atoms with Crippen LogP contribution in [0.1, 0.15) is 48.1 Å². The number of morpholine rings is 1. The van der Waals surface area contributed by atoms with Crippen LogP contribution >= 0.6 is 0 Å². The number of aryl methyl sites for hydroxylation is 1. The topological polar surface area (TPSA) is 68.6 Å². The third-order valence-electron chi connectivity index (χ3n) is 5.22. The van der Waals surface area contributed by atoms with Crippen molar-refractivity contribution in [2.75, 3.05) is 31.1 Å². The normalized spacial score (nSPS) is 29.8. The summed E-state index contributed by atoms with van der Waals surface area (Å²) in [5.74, 6) is 0.512. The first-order chi connectivity index (χ1) is 11.7. The number of hydrogen-bond acceptors (Lipinski definition) is 5. The zero-order chi connectivity index (χ0) is 18.4. The third-order valence-corrected chi connectivity index (χ3v) is 6.97. The van der Waals surface area contributed by atoms with E-state index in [1.807, 2.05) is 38.3 Å². The molecule has 0 bridgehead atoms. The molecule has 2 aliphatic rings. The molecule has 7 heteroatoms. The van der Waals surface area contributed by atoms with Gasteiger partial charge in [-0.25, -0.2) is 8.42 Å². The Balaban J connectivity index is 1.77. The van der Waals surface area contributed by atoms with E-state index in [2.05, 4.69) is 4.90 Å². The van der Waals surface area contributed by atoms with Crippen LogP contribution in [-0.2, 0) is 14.6 Å². The van der Waals surface area contributed by atoms with Crippen LogP contribution in [0, 0.1) is 13.8 Å². The van der Waals surface area contributed by atoms with Gasteiger partial charge in [0.2, 0.25) is 0 Å². The van der Waals surface area contributed by atoms with E-state index in [0.717, 1.165) is 24.5 Å². The Hall–Kier alpha value is -1.18.